The number of allylic oxidation sites excluding steroid dienone is 2. The molecule has 208 valence electrons. The summed E-state index contributed by atoms with van der Waals surface area (Å²) >= 11 is 0. The van der Waals surface area contributed by atoms with Gasteiger partial charge in [-0.05, 0) is 80.0 Å². The molecule has 0 aromatic carbocycles. The van der Waals surface area contributed by atoms with Crippen LogP contribution in [0.1, 0.15) is 79.1 Å². The number of fused-ring (bicyclic) bond motifs is 7. The maximum atomic E-state index is 9.33. The Bertz CT molecular complexity index is 901. The summed E-state index contributed by atoms with van der Waals surface area (Å²) in [6.45, 7) is 11.3. The predicted octanol–water partition coefficient (Wildman–Crippen LogP) is 5.51. The van der Waals surface area contributed by atoms with E-state index < -0.39 is 0 Å². The first-order valence-electron chi connectivity index (χ1n) is 15.3. The van der Waals surface area contributed by atoms with Crippen LogP contribution in [0.4, 0.5) is 0 Å². The first kappa shape index (κ1) is 26.5. The molecule has 5 nitrogen and oxygen atoms in total. The second-order valence-corrected chi connectivity index (χ2v) is 14.1. The Balaban J connectivity index is 1.15. The molecule has 0 unspecified atom stereocenters. The molecule has 5 heteroatoms. The highest BCUT2D eigenvalue weighted by Gasteiger charge is 2.68. The lowest BCUT2D eigenvalue weighted by Crippen LogP contribution is -2.51. The number of hydrogen-bond donors (Lipinski definition) is 2. The molecule has 4 aliphatic carbocycles. The van der Waals surface area contributed by atoms with Gasteiger partial charge in [-0.1, -0.05) is 51.5 Å². The highest BCUT2D eigenvalue weighted by Crippen LogP contribution is 2.70. The Hall–Kier alpha value is -0.720. The highest BCUT2D eigenvalue weighted by molar-refractivity contribution is 5.33. The van der Waals surface area contributed by atoms with Gasteiger partial charge in [0.1, 0.15) is 0 Å². The summed E-state index contributed by atoms with van der Waals surface area (Å²) in [7, 11) is 0. The lowest BCUT2D eigenvalue weighted by Gasteiger charge is -2.57. The third-order valence-corrected chi connectivity index (χ3v) is 12.3. The molecule has 2 saturated carbocycles. The van der Waals surface area contributed by atoms with Crippen molar-refractivity contribution in [1.82, 2.24) is 0 Å². The van der Waals surface area contributed by atoms with Crippen molar-refractivity contribution in [2.75, 3.05) is 26.4 Å². The standard InChI is InChI=1S/C32H50O5/c1-20-7-13-32(36-19-20)21(2)29-28(37-32)16-27-25-6-5-23-15-24(35-14-10-22(17-33)18-34)8-11-30(23,3)26(25)9-12-31(27,29)4/h5,8,11,20-22,24-29,33-34H,6-7,9-10,12-19H2,1-4H3/t20-,21+,24+,25-,26+,27+,28+,29+,30+,31+,32-/m1/s1. The van der Waals surface area contributed by atoms with E-state index in [1.807, 2.05) is 0 Å². The molecule has 2 N–H and O–H groups in total. The van der Waals surface area contributed by atoms with Crippen molar-refractivity contribution >= 4 is 0 Å². The number of ether oxygens (including phenoxy) is 3. The second kappa shape index (κ2) is 9.73. The van der Waals surface area contributed by atoms with Gasteiger partial charge in [-0.25, -0.2) is 0 Å². The molecule has 11 atom stereocenters. The molecular formula is C32H50O5. The normalized spacial score (nSPS) is 50.5. The third kappa shape index (κ3) is 4.13. The molecule has 1 spiro atoms. The van der Waals surface area contributed by atoms with Gasteiger partial charge >= 0.3 is 0 Å². The van der Waals surface area contributed by atoms with Crippen LogP contribution in [0.2, 0.25) is 0 Å². The van der Waals surface area contributed by atoms with E-state index >= 15 is 0 Å². The van der Waals surface area contributed by atoms with E-state index in [9.17, 15) is 10.2 Å². The summed E-state index contributed by atoms with van der Waals surface area (Å²) < 4.78 is 19.6. The molecule has 0 radical (unpaired) electrons. The number of aliphatic hydroxyl groups excluding tert-OH is 2. The summed E-state index contributed by atoms with van der Waals surface area (Å²) in [6.07, 6.45) is 16.8. The van der Waals surface area contributed by atoms with Crippen molar-refractivity contribution in [2.45, 2.75) is 97.1 Å². The van der Waals surface area contributed by atoms with Gasteiger partial charge in [-0.3, -0.25) is 0 Å². The van der Waals surface area contributed by atoms with Gasteiger partial charge in [0.05, 0.1) is 18.8 Å². The SMILES string of the molecule is C[C@@H]1CC[C@@]2(OC1)O[C@H]1C[C@H]3[C@@H]4CC=C5C[C@@H](OCCC(CO)CO)C=C[C@]5(C)[C@H]4CC[C@]3(C)[C@H]1[C@@H]2C. The predicted molar refractivity (Wildman–Crippen MR) is 144 cm³/mol. The van der Waals surface area contributed by atoms with E-state index in [1.54, 1.807) is 5.57 Å². The molecule has 37 heavy (non-hydrogen) atoms. The third-order valence-electron chi connectivity index (χ3n) is 12.3. The number of rotatable bonds is 6. The van der Waals surface area contributed by atoms with Crippen LogP contribution in [0, 0.1) is 52.3 Å². The van der Waals surface area contributed by atoms with Crippen LogP contribution in [-0.2, 0) is 14.2 Å². The van der Waals surface area contributed by atoms with Gasteiger partial charge < -0.3 is 24.4 Å². The Morgan fingerprint density at radius 1 is 1.11 bits per heavy atom. The van der Waals surface area contributed by atoms with Crippen molar-refractivity contribution < 1.29 is 24.4 Å². The molecule has 0 aromatic heterocycles. The fourth-order valence-electron chi connectivity index (χ4n) is 9.98. The van der Waals surface area contributed by atoms with Crippen LogP contribution in [0.5, 0.6) is 0 Å². The van der Waals surface area contributed by atoms with Crippen molar-refractivity contribution in [3.05, 3.63) is 23.8 Å². The second-order valence-electron chi connectivity index (χ2n) is 14.1. The maximum absolute atomic E-state index is 9.33. The fraction of sp³-hybridized carbons (Fsp3) is 0.875. The summed E-state index contributed by atoms with van der Waals surface area (Å²) in [5.74, 6) is 3.50. The molecule has 2 saturated heterocycles. The van der Waals surface area contributed by atoms with E-state index in [0.29, 0.717) is 48.2 Å². The van der Waals surface area contributed by atoms with Crippen LogP contribution >= 0.6 is 0 Å². The van der Waals surface area contributed by atoms with Crippen LogP contribution in [0.25, 0.3) is 0 Å². The first-order chi connectivity index (χ1) is 17.7. The summed E-state index contributed by atoms with van der Waals surface area (Å²) in [5.41, 5.74) is 2.05. The molecule has 4 fully saturated rings. The van der Waals surface area contributed by atoms with Gasteiger partial charge in [0.2, 0.25) is 0 Å². The molecule has 6 aliphatic rings. The molecule has 0 bridgehead atoms. The van der Waals surface area contributed by atoms with Crippen LogP contribution in [0.3, 0.4) is 0 Å². The lowest BCUT2D eigenvalue weighted by molar-refractivity contribution is -0.272. The Morgan fingerprint density at radius 3 is 2.65 bits per heavy atom. The van der Waals surface area contributed by atoms with Crippen molar-refractivity contribution in [3.8, 4) is 0 Å². The van der Waals surface area contributed by atoms with Crippen LogP contribution < -0.4 is 0 Å². The zero-order chi connectivity index (χ0) is 26.0. The molecule has 0 amide bonds. The van der Waals surface area contributed by atoms with Gasteiger partial charge in [0, 0.05) is 43.5 Å². The maximum Gasteiger partial charge on any atom is 0.171 e. The van der Waals surface area contributed by atoms with Crippen molar-refractivity contribution in [2.24, 2.45) is 52.3 Å². The molecule has 2 heterocycles. The average molecular weight is 515 g/mol. The quantitative estimate of drug-likeness (QED) is 0.458. The summed E-state index contributed by atoms with van der Waals surface area (Å²) in [4.78, 5) is 0. The van der Waals surface area contributed by atoms with Crippen molar-refractivity contribution in [1.29, 1.82) is 0 Å². The first-order valence-corrected chi connectivity index (χ1v) is 15.3. The average Bonchev–Trinajstić information content (AvgIpc) is 3.34. The van der Waals surface area contributed by atoms with Crippen LogP contribution in [-0.4, -0.2) is 54.6 Å². The van der Waals surface area contributed by atoms with Crippen LogP contribution in [0.15, 0.2) is 23.8 Å². The van der Waals surface area contributed by atoms with Gasteiger partial charge in [0.15, 0.2) is 5.79 Å². The van der Waals surface area contributed by atoms with E-state index in [0.717, 1.165) is 31.3 Å². The minimum absolute atomic E-state index is 0.0193. The summed E-state index contributed by atoms with van der Waals surface area (Å²) in [5, 5.41) is 18.7. The van der Waals surface area contributed by atoms with E-state index in [4.69, 9.17) is 14.2 Å². The highest BCUT2D eigenvalue weighted by atomic mass is 16.7. The largest absolute Gasteiger partial charge is 0.396 e. The topological polar surface area (TPSA) is 68.2 Å². The fourth-order valence-corrected chi connectivity index (χ4v) is 9.98. The molecule has 0 aromatic rings. The van der Waals surface area contributed by atoms with Gasteiger partial charge in [-0.15, -0.1) is 0 Å². The number of aliphatic hydroxyl groups is 2. The van der Waals surface area contributed by atoms with Gasteiger partial charge in [0.25, 0.3) is 0 Å². The zero-order valence-corrected chi connectivity index (χ0v) is 23.5. The molecule has 6 rings (SSSR count). The minimum atomic E-state index is -0.326. The summed E-state index contributed by atoms with van der Waals surface area (Å²) in [6, 6.07) is 0. The van der Waals surface area contributed by atoms with Crippen molar-refractivity contribution in [3.63, 3.8) is 0 Å². The zero-order valence-electron chi connectivity index (χ0n) is 23.5. The Kier molecular flexibility index (Phi) is 6.97. The van der Waals surface area contributed by atoms with E-state index in [2.05, 4.69) is 45.9 Å². The molecular weight excluding hydrogens is 464 g/mol. The monoisotopic (exact) mass is 514 g/mol. The van der Waals surface area contributed by atoms with Gasteiger partial charge in [-0.2, -0.15) is 0 Å². The lowest BCUT2D eigenvalue weighted by atomic mass is 9.48. The van der Waals surface area contributed by atoms with E-state index in [-0.39, 0.29) is 36.4 Å². The minimum Gasteiger partial charge on any atom is -0.396 e. The number of hydrogen-bond acceptors (Lipinski definition) is 5. The van der Waals surface area contributed by atoms with E-state index in [1.165, 1.54) is 32.1 Å². The molecule has 2 aliphatic heterocycles. The Morgan fingerprint density at radius 2 is 1.92 bits per heavy atom. The smallest absolute Gasteiger partial charge is 0.171 e. The Labute approximate surface area is 224 Å².